The fraction of sp³-hybridized carbons (Fsp3) is 0.600. The van der Waals surface area contributed by atoms with Crippen molar-refractivity contribution in [1.82, 2.24) is 0 Å². The molecule has 1 fully saturated rings. The van der Waals surface area contributed by atoms with Gasteiger partial charge in [-0.3, -0.25) is 0 Å². The summed E-state index contributed by atoms with van der Waals surface area (Å²) < 4.78 is 0. The van der Waals surface area contributed by atoms with Crippen molar-refractivity contribution in [3.05, 3.63) is 23.8 Å². The number of hydrogen-bond acceptors (Lipinski definition) is 0. The van der Waals surface area contributed by atoms with E-state index in [0.717, 1.165) is 18.4 Å². The topological polar surface area (TPSA) is 0 Å². The molecule has 1 saturated carbocycles. The molecule has 3 heteroatoms. The molecule has 0 nitrogen and oxygen atoms in total. The van der Waals surface area contributed by atoms with Crippen LogP contribution in [-0.2, 0) is 0 Å². The molecular formula is C10H13Cl3. The van der Waals surface area contributed by atoms with E-state index >= 15 is 0 Å². The van der Waals surface area contributed by atoms with Crippen molar-refractivity contribution in [1.29, 1.82) is 0 Å². The molecule has 0 radical (unpaired) electrons. The highest BCUT2D eigenvalue weighted by Gasteiger charge is 2.38. The summed E-state index contributed by atoms with van der Waals surface area (Å²) in [7, 11) is 0. The number of hydrogen-bond donors (Lipinski definition) is 0. The molecule has 0 aromatic heterocycles. The van der Waals surface area contributed by atoms with E-state index in [0.29, 0.717) is 0 Å². The largest absolute Gasteiger partial charge is 0.122 e. The summed E-state index contributed by atoms with van der Waals surface area (Å²) in [6, 6.07) is 0. The molecule has 1 aliphatic rings. The maximum Gasteiger partial charge on any atom is 0.0557 e. The Balaban J connectivity index is 2.82. The van der Waals surface area contributed by atoms with Gasteiger partial charge < -0.3 is 0 Å². The van der Waals surface area contributed by atoms with E-state index in [2.05, 4.69) is 13.5 Å². The van der Waals surface area contributed by atoms with Crippen LogP contribution in [-0.4, -0.2) is 10.8 Å². The Bertz CT molecular complexity index is 234. The van der Waals surface area contributed by atoms with Crippen LogP contribution in [0, 0.1) is 5.41 Å². The quantitative estimate of drug-likeness (QED) is 0.472. The van der Waals surface area contributed by atoms with Gasteiger partial charge in [-0.1, -0.05) is 36.8 Å². The summed E-state index contributed by atoms with van der Waals surface area (Å²) in [4.78, 5) is 0. The summed E-state index contributed by atoms with van der Waals surface area (Å²) in [6.07, 6.45) is 3.51. The molecule has 0 amide bonds. The second kappa shape index (κ2) is 4.25. The zero-order valence-corrected chi connectivity index (χ0v) is 9.83. The van der Waals surface area contributed by atoms with E-state index in [1.54, 1.807) is 0 Å². The first-order valence-electron chi connectivity index (χ1n) is 4.23. The van der Waals surface area contributed by atoms with E-state index in [1.807, 2.05) is 6.08 Å². The lowest BCUT2D eigenvalue weighted by Gasteiger charge is -2.38. The van der Waals surface area contributed by atoms with Gasteiger partial charge in [0.2, 0.25) is 0 Å². The lowest BCUT2D eigenvalue weighted by Crippen LogP contribution is -2.35. The van der Waals surface area contributed by atoms with Crippen molar-refractivity contribution in [3.63, 3.8) is 0 Å². The molecule has 0 N–H and O–H groups in total. The molecule has 0 aromatic rings. The van der Waals surface area contributed by atoms with Crippen LogP contribution in [0.25, 0.3) is 0 Å². The molecule has 0 saturated heterocycles. The fourth-order valence-electron chi connectivity index (χ4n) is 1.64. The Kier molecular flexibility index (Phi) is 3.73. The maximum atomic E-state index is 6.23. The first-order valence-corrected chi connectivity index (χ1v) is 5.54. The smallest absolute Gasteiger partial charge is 0.0557 e. The highest BCUT2D eigenvalue weighted by Crippen LogP contribution is 2.44. The second-order valence-electron chi connectivity index (χ2n) is 3.80. The molecule has 3 atom stereocenters. The van der Waals surface area contributed by atoms with Crippen molar-refractivity contribution >= 4 is 34.8 Å². The van der Waals surface area contributed by atoms with Gasteiger partial charge in [-0.2, -0.15) is 0 Å². The Morgan fingerprint density at radius 3 is 2.69 bits per heavy atom. The molecule has 0 spiro atoms. The van der Waals surface area contributed by atoms with Gasteiger partial charge in [0.05, 0.1) is 5.38 Å². The molecule has 74 valence electrons. The van der Waals surface area contributed by atoms with E-state index in [4.69, 9.17) is 34.8 Å². The van der Waals surface area contributed by atoms with Gasteiger partial charge in [-0.15, -0.1) is 23.2 Å². The van der Waals surface area contributed by atoms with Crippen molar-refractivity contribution in [3.8, 4) is 0 Å². The average Bonchev–Trinajstić information content (AvgIpc) is 2.02. The van der Waals surface area contributed by atoms with Gasteiger partial charge in [0.15, 0.2) is 0 Å². The lowest BCUT2D eigenvalue weighted by atomic mass is 9.73. The van der Waals surface area contributed by atoms with Crippen LogP contribution in [0.1, 0.15) is 19.8 Å². The van der Waals surface area contributed by atoms with Crippen molar-refractivity contribution in [2.75, 3.05) is 0 Å². The summed E-state index contributed by atoms with van der Waals surface area (Å²) in [5.74, 6) is 0. The van der Waals surface area contributed by atoms with Gasteiger partial charge in [-0.25, -0.2) is 0 Å². The molecule has 1 rings (SSSR count). The Hall–Kier alpha value is 0.350. The summed E-state index contributed by atoms with van der Waals surface area (Å²) >= 11 is 17.8. The normalized spacial score (nSPS) is 41.4. The zero-order chi connectivity index (χ0) is 10.1. The van der Waals surface area contributed by atoms with Crippen molar-refractivity contribution < 1.29 is 0 Å². The first kappa shape index (κ1) is 11.4. The van der Waals surface area contributed by atoms with Crippen LogP contribution in [0.15, 0.2) is 23.8 Å². The highest BCUT2D eigenvalue weighted by atomic mass is 35.5. The monoisotopic (exact) mass is 238 g/mol. The van der Waals surface area contributed by atoms with Gasteiger partial charge >= 0.3 is 0 Å². The number of rotatable bonds is 1. The van der Waals surface area contributed by atoms with E-state index in [-0.39, 0.29) is 16.2 Å². The minimum absolute atomic E-state index is 0.0132. The summed E-state index contributed by atoms with van der Waals surface area (Å²) in [5.41, 5.74) is 2.49. The van der Waals surface area contributed by atoms with E-state index < -0.39 is 0 Å². The standard InChI is InChI=1S/C10H13Cl3/c1-7-6-10(2,3-4-11)9(13)5-8(7)12/h3-4,8-9H,1,5-6H2,2H3/t8-,9-,10+/m1/s1. The molecule has 13 heavy (non-hydrogen) atoms. The van der Waals surface area contributed by atoms with Crippen LogP contribution in [0.5, 0.6) is 0 Å². The maximum absolute atomic E-state index is 6.23. The minimum atomic E-state index is -0.0915. The average molecular weight is 240 g/mol. The van der Waals surface area contributed by atoms with Crippen molar-refractivity contribution in [2.24, 2.45) is 5.41 Å². The Morgan fingerprint density at radius 1 is 1.54 bits per heavy atom. The van der Waals surface area contributed by atoms with Gasteiger partial charge in [0.25, 0.3) is 0 Å². The van der Waals surface area contributed by atoms with Crippen LogP contribution in [0.4, 0.5) is 0 Å². The van der Waals surface area contributed by atoms with Gasteiger partial charge in [-0.05, 0) is 12.8 Å². The Labute approximate surface area is 94.5 Å². The van der Waals surface area contributed by atoms with Crippen LogP contribution < -0.4 is 0 Å². The molecule has 0 aromatic carbocycles. The molecule has 1 aliphatic carbocycles. The molecule has 0 unspecified atom stereocenters. The predicted molar refractivity (Wildman–Crippen MR) is 60.8 cm³/mol. The number of halogens is 3. The van der Waals surface area contributed by atoms with Crippen LogP contribution in [0.3, 0.4) is 0 Å². The third-order valence-electron chi connectivity index (χ3n) is 2.62. The summed E-state index contributed by atoms with van der Waals surface area (Å²) in [6.45, 7) is 6.02. The molecular weight excluding hydrogens is 226 g/mol. The highest BCUT2D eigenvalue weighted by molar-refractivity contribution is 6.26. The van der Waals surface area contributed by atoms with Crippen molar-refractivity contribution in [2.45, 2.75) is 30.5 Å². The number of allylic oxidation sites excluding steroid dienone is 2. The van der Waals surface area contributed by atoms with Crippen LogP contribution >= 0.6 is 34.8 Å². The fourth-order valence-corrected chi connectivity index (χ4v) is 2.60. The predicted octanol–water partition coefficient (Wildman–Crippen LogP) is 4.31. The van der Waals surface area contributed by atoms with E-state index in [9.17, 15) is 0 Å². The summed E-state index contributed by atoms with van der Waals surface area (Å²) in [5, 5.41) is 0.0507. The third-order valence-corrected chi connectivity index (χ3v) is 3.91. The second-order valence-corrected chi connectivity index (χ2v) is 5.11. The molecule has 0 aliphatic heterocycles. The zero-order valence-electron chi connectivity index (χ0n) is 7.56. The molecule has 0 bridgehead atoms. The van der Waals surface area contributed by atoms with Gasteiger partial charge in [0, 0.05) is 16.3 Å². The number of alkyl halides is 2. The SMILES string of the molecule is C=C1C[C@](C)(C=CCl)[C@H](Cl)C[C@H]1Cl. The third kappa shape index (κ3) is 2.43. The lowest BCUT2D eigenvalue weighted by molar-refractivity contribution is 0.348. The molecule has 0 heterocycles. The first-order chi connectivity index (χ1) is 5.99. The Morgan fingerprint density at radius 2 is 2.15 bits per heavy atom. The van der Waals surface area contributed by atoms with Gasteiger partial charge in [0.1, 0.15) is 0 Å². The minimum Gasteiger partial charge on any atom is -0.122 e. The van der Waals surface area contributed by atoms with E-state index in [1.165, 1.54) is 5.54 Å². The van der Waals surface area contributed by atoms with Crippen LogP contribution in [0.2, 0.25) is 0 Å².